The van der Waals surface area contributed by atoms with Crippen molar-refractivity contribution in [3.8, 4) is 0 Å². The fourth-order valence-corrected chi connectivity index (χ4v) is 3.03. The van der Waals surface area contributed by atoms with E-state index in [1.165, 1.54) is 5.56 Å². The largest absolute Gasteiger partial charge is 0.356 e. The molecule has 0 bridgehead atoms. The first-order valence-electron chi connectivity index (χ1n) is 8.80. The van der Waals surface area contributed by atoms with Gasteiger partial charge in [-0.1, -0.05) is 0 Å². The molecule has 1 saturated heterocycles. The summed E-state index contributed by atoms with van der Waals surface area (Å²) < 4.78 is 1.56. The van der Waals surface area contributed by atoms with Gasteiger partial charge in [0.15, 0.2) is 11.8 Å². The molecular weight excluding hydrogens is 457 g/mol. The lowest BCUT2D eigenvalue weighted by molar-refractivity contribution is 0.371. The van der Waals surface area contributed by atoms with Gasteiger partial charge in [0.1, 0.15) is 0 Å². The second-order valence-corrected chi connectivity index (χ2v) is 6.22. The van der Waals surface area contributed by atoms with Crippen LogP contribution in [0.15, 0.2) is 46.7 Å². The third-order valence-corrected chi connectivity index (χ3v) is 4.54. The normalized spacial score (nSPS) is 14.7. The predicted molar refractivity (Wildman–Crippen MR) is 118 cm³/mol. The molecule has 0 unspecified atom stereocenters. The van der Waals surface area contributed by atoms with Gasteiger partial charge >= 0.3 is 0 Å². The van der Waals surface area contributed by atoms with Crippen LogP contribution in [-0.4, -0.2) is 65.2 Å². The number of halogens is 1. The van der Waals surface area contributed by atoms with E-state index in [1.807, 2.05) is 29.4 Å². The zero-order valence-corrected chi connectivity index (χ0v) is 18.0. The molecule has 1 aliphatic rings. The summed E-state index contributed by atoms with van der Waals surface area (Å²) in [6.07, 6.45) is 7.89. The van der Waals surface area contributed by atoms with E-state index in [2.05, 4.69) is 25.2 Å². The maximum Gasteiger partial charge on any atom is 0.293 e. The van der Waals surface area contributed by atoms with Crippen molar-refractivity contribution in [2.45, 2.75) is 6.42 Å². The molecule has 0 radical (unpaired) electrons. The number of nitrogens with zero attached hydrogens (tertiary/aromatic N) is 6. The smallest absolute Gasteiger partial charge is 0.293 e. The number of pyridine rings is 1. The standard InChI is InChI=1S/C18H25N7O.HI/c1-19-18(22-8-5-15-3-6-20-7-4-15)25-13-11-24(12-14-25)16-17(26)23(2)10-9-21-16;/h3-4,6-7,9-10H,5,8,11-14H2,1-2H3,(H,19,22);1H. The van der Waals surface area contributed by atoms with Crippen LogP contribution >= 0.6 is 24.0 Å². The molecule has 146 valence electrons. The summed E-state index contributed by atoms with van der Waals surface area (Å²) in [6.45, 7) is 3.91. The lowest BCUT2D eigenvalue weighted by Crippen LogP contribution is -2.53. The van der Waals surface area contributed by atoms with Crippen LogP contribution in [0, 0.1) is 0 Å². The van der Waals surface area contributed by atoms with Gasteiger partial charge in [0.25, 0.3) is 5.56 Å². The molecule has 1 N–H and O–H groups in total. The molecule has 0 saturated carbocycles. The maximum atomic E-state index is 12.2. The fraction of sp³-hybridized carbons (Fsp3) is 0.444. The predicted octanol–water partition coefficient (Wildman–Crippen LogP) is 0.733. The Bertz CT molecular complexity index is 801. The Morgan fingerprint density at radius 1 is 1.19 bits per heavy atom. The molecule has 0 spiro atoms. The molecule has 0 amide bonds. The molecule has 2 aromatic heterocycles. The molecule has 0 atom stereocenters. The molecule has 1 fully saturated rings. The molecule has 0 aliphatic carbocycles. The van der Waals surface area contributed by atoms with Crippen LogP contribution in [-0.2, 0) is 13.5 Å². The number of anilines is 1. The Kier molecular flexibility index (Phi) is 8.01. The highest BCUT2D eigenvalue weighted by atomic mass is 127. The van der Waals surface area contributed by atoms with E-state index < -0.39 is 0 Å². The maximum absolute atomic E-state index is 12.2. The minimum atomic E-state index is -0.0548. The zero-order chi connectivity index (χ0) is 18.4. The summed E-state index contributed by atoms with van der Waals surface area (Å²) in [6, 6.07) is 4.05. The first-order valence-corrected chi connectivity index (χ1v) is 8.80. The average molecular weight is 483 g/mol. The Morgan fingerprint density at radius 3 is 2.56 bits per heavy atom. The van der Waals surface area contributed by atoms with Crippen molar-refractivity contribution in [2.75, 3.05) is 44.7 Å². The van der Waals surface area contributed by atoms with Crippen LogP contribution < -0.4 is 15.8 Å². The molecule has 3 heterocycles. The van der Waals surface area contributed by atoms with Gasteiger partial charge in [-0.15, -0.1) is 24.0 Å². The number of aliphatic imine (C=N–C) groups is 1. The number of rotatable bonds is 4. The molecule has 27 heavy (non-hydrogen) atoms. The van der Waals surface area contributed by atoms with Crippen molar-refractivity contribution < 1.29 is 0 Å². The van der Waals surface area contributed by atoms with E-state index in [9.17, 15) is 4.79 Å². The molecule has 1 aliphatic heterocycles. The summed E-state index contributed by atoms with van der Waals surface area (Å²) in [4.78, 5) is 29.2. The first kappa shape index (κ1) is 21.1. The van der Waals surface area contributed by atoms with Crippen LogP contribution in [0.4, 0.5) is 5.82 Å². The number of nitrogens with one attached hydrogen (secondary N) is 1. The van der Waals surface area contributed by atoms with Crippen molar-refractivity contribution >= 4 is 35.8 Å². The first-order chi connectivity index (χ1) is 12.7. The highest BCUT2D eigenvalue weighted by molar-refractivity contribution is 14.0. The number of guanidine groups is 1. The van der Waals surface area contributed by atoms with Crippen LogP contribution in [0.2, 0.25) is 0 Å². The topological polar surface area (TPSA) is 78.7 Å². The van der Waals surface area contributed by atoms with Gasteiger partial charge in [0.05, 0.1) is 0 Å². The average Bonchev–Trinajstić information content (AvgIpc) is 2.69. The summed E-state index contributed by atoms with van der Waals surface area (Å²) >= 11 is 0. The Labute approximate surface area is 176 Å². The van der Waals surface area contributed by atoms with Crippen molar-refractivity contribution in [3.05, 3.63) is 52.8 Å². The number of piperazine rings is 1. The van der Waals surface area contributed by atoms with E-state index in [4.69, 9.17) is 0 Å². The van der Waals surface area contributed by atoms with Crippen molar-refractivity contribution in [1.82, 2.24) is 24.8 Å². The Hall–Kier alpha value is -2.17. The second-order valence-electron chi connectivity index (χ2n) is 6.22. The highest BCUT2D eigenvalue weighted by Crippen LogP contribution is 2.09. The Morgan fingerprint density at radius 2 is 1.89 bits per heavy atom. The molecule has 8 nitrogen and oxygen atoms in total. The lowest BCUT2D eigenvalue weighted by atomic mass is 10.2. The van der Waals surface area contributed by atoms with Crippen molar-refractivity contribution in [3.63, 3.8) is 0 Å². The molecule has 0 aromatic carbocycles. The molecule has 3 rings (SSSR count). The van der Waals surface area contributed by atoms with E-state index in [0.717, 1.165) is 45.1 Å². The summed E-state index contributed by atoms with van der Waals surface area (Å²) in [7, 11) is 3.55. The molecular formula is C18H26IN7O. The minimum absolute atomic E-state index is 0. The second kappa shape index (κ2) is 10.2. The van der Waals surface area contributed by atoms with Crippen molar-refractivity contribution in [1.29, 1.82) is 0 Å². The lowest BCUT2D eigenvalue weighted by Gasteiger charge is -2.36. The van der Waals surface area contributed by atoms with Crippen LogP contribution in [0.1, 0.15) is 5.56 Å². The number of aromatic nitrogens is 3. The van der Waals surface area contributed by atoms with E-state index in [-0.39, 0.29) is 29.5 Å². The van der Waals surface area contributed by atoms with Crippen molar-refractivity contribution in [2.24, 2.45) is 12.0 Å². The molecule has 2 aromatic rings. The van der Waals surface area contributed by atoms with Gasteiger partial charge in [-0.05, 0) is 24.1 Å². The fourth-order valence-electron chi connectivity index (χ4n) is 3.03. The highest BCUT2D eigenvalue weighted by Gasteiger charge is 2.22. The monoisotopic (exact) mass is 483 g/mol. The van der Waals surface area contributed by atoms with E-state index in [0.29, 0.717) is 5.82 Å². The van der Waals surface area contributed by atoms with Gasteiger partial charge < -0.3 is 19.7 Å². The minimum Gasteiger partial charge on any atom is -0.356 e. The summed E-state index contributed by atoms with van der Waals surface area (Å²) in [5, 5.41) is 3.42. The van der Waals surface area contributed by atoms with Gasteiger partial charge in [-0.25, -0.2) is 4.98 Å². The van der Waals surface area contributed by atoms with Gasteiger partial charge in [0.2, 0.25) is 0 Å². The van der Waals surface area contributed by atoms with Gasteiger partial charge in [0, 0.05) is 71.6 Å². The quantitative estimate of drug-likeness (QED) is 0.393. The zero-order valence-electron chi connectivity index (χ0n) is 15.7. The summed E-state index contributed by atoms with van der Waals surface area (Å²) in [5.74, 6) is 1.42. The Balaban J connectivity index is 0.00000261. The summed E-state index contributed by atoms with van der Waals surface area (Å²) in [5.41, 5.74) is 1.19. The van der Waals surface area contributed by atoms with Gasteiger partial charge in [-0.3, -0.25) is 14.8 Å². The van der Waals surface area contributed by atoms with Gasteiger partial charge in [-0.2, -0.15) is 0 Å². The number of hydrogen-bond acceptors (Lipinski definition) is 5. The van der Waals surface area contributed by atoms with Crippen LogP contribution in [0.3, 0.4) is 0 Å². The molecule has 9 heteroatoms. The van der Waals surface area contributed by atoms with Crippen LogP contribution in [0.25, 0.3) is 0 Å². The SMILES string of the molecule is CN=C(NCCc1ccncc1)N1CCN(c2nccn(C)c2=O)CC1.I. The number of aryl methyl sites for hydroxylation is 1. The third-order valence-electron chi connectivity index (χ3n) is 4.54. The van der Waals surface area contributed by atoms with E-state index >= 15 is 0 Å². The third kappa shape index (κ3) is 5.41. The number of hydrogen-bond donors (Lipinski definition) is 1. The van der Waals surface area contributed by atoms with E-state index in [1.54, 1.807) is 31.1 Å². The van der Waals surface area contributed by atoms with Crippen LogP contribution in [0.5, 0.6) is 0 Å².